The molecule has 0 amide bonds. The molecule has 0 unspecified atom stereocenters. The summed E-state index contributed by atoms with van der Waals surface area (Å²) in [5.41, 5.74) is 5.38. The van der Waals surface area contributed by atoms with Crippen LogP contribution in [0.15, 0.2) is 36.5 Å². The predicted molar refractivity (Wildman–Crippen MR) is 108 cm³/mol. The number of pyridine rings is 1. The lowest BCUT2D eigenvalue weighted by Gasteiger charge is -2.27. The molecule has 0 N–H and O–H groups in total. The summed E-state index contributed by atoms with van der Waals surface area (Å²) < 4.78 is 0. The first-order chi connectivity index (χ1) is 11.7. The number of benzene rings is 1. The standard InChI is InChI=1S/C22H31N3/c1-15(2)17-11-18(22(5,6)7)13-19(12-17)25-14-24(16(3)4)20-9-8-10-23-21(20)25/h8-13,15-16H,14H2,1-7H3. The van der Waals surface area contributed by atoms with Gasteiger partial charge in [0.25, 0.3) is 0 Å². The Morgan fingerprint density at radius 1 is 1.04 bits per heavy atom. The minimum atomic E-state index is 0.129. The number of hydrogen-bond donors (Lipinski definition) is 0. The van der Waals surface area contributed by atoms with E-state index in [0.29, 0.717) is 12.0 Å². The van der Waals surface area contributed by atoms with Crippen molar-refractivity contribution in [1.82, 2.24) is 4.98 Å². The van der Waals surface area contributed by atoms with E-state index in [1.807, 2.05) is 12.3 Å². The summed E-state index contributed by atoms with van der Waals surface area (Å²) in [6, 6.07) is 11.7. The fraction of sp³-hybridized carbons (Fsp3) is 0.500. The summed E-state index contributed by atoms with van der Waals surface area (Å²) in [4.78, 5) is 9.48. The highest BCUT2D eigenvalue weighted by atomic mass is 15.4. The molecule has 1 aliphatic rings. The largest absolute Gasteiger partial charge is 0.348 e. The number of nitrogens with zero attached hydrogens (tertiary/aromatic N) is 3. The normalized spacial score (nSPS) is 14.6. The summed E-state index contributed by atoms with van der Waals surface area (Å²) in [6.07, 6.45) is 1.90. The van der Waals surface area contributed by atoms with Crippen molar-refractivity contribution >= 4 is 17.2 Å². The fourth-order valence-corrected chi connectivity index (χ4v) is 3.32. The van der Waals surface area contributed by atoms with Gasteiger partial charge in [0.15, 0.2) is 5.82 Å². The van der Waals surface area contributed by atoms with Crippen LogP contribution in [0.2, 0.25) is 0 Å². The first-order valence-corrected chi connectivity index (χ1v) is 9.33. The Hall–Kier alpha value is -2.03. The van der Waals surface area contributed by atoms with Gasteiger partial charge in [0.1, 0.15) is 0 Å². The molecule has 1 aromatic carbocycles. The Kier molecular flexibility index (Phi) is 4.52. The average Bonchev–Trinajstić information content (AvgIpc) is 2.93. The third kappa shape index (κ3) is 3.37. The third-order valence-electron chi connectivity index (χ3n) is 5.03. The van der Waals surface area contributed by atoms with E-state index in [1.54, 1.807) is 0 Å². The van der Waals surface area contributed by atoms with E-state index in [0.717, 1.165) is 12.5 Å². The Balaban J connectivity index is 2.12. The average molecular weight is 338 g/mol. The van der Waals surface area contributed by atoms with Gasteiger partial charge in [-0.15, -0.1) is 0 Å². The Bertz CT molecular complexity index is 756. The maximum atomic E-state index is 4.70. The summed E-state index contributed by atoms with van der Waals surface area (Å²) in [5.74, 6) is 1.57. The van der Waals surface area contributed by atoms with Crippen molar-refractivity contribution in [2.24, 2.45) is 0 Å². The molecule has 1 aliphatic heterocycles. The van der Waals surface area contributed by atoms with E-state index in [-0.39, 0.29) is 5.41 Å². The molecule has 1 aromatic heterocycles. The van der Waals surface area contributed by atoms with E-state index < -0.39 is 0 Å². The van der Waals surface area contributed by atoms with Gasteiger partial charge < -0.3 is 9.80 Å². The molecule has 0 saturated carbocycles. The number of anilines is 3. The number of rotatable bonds is 3. The Morgan fingerprint density at radius 3 is 2.36 bits per heavy atom. The monoisotopic (exact) mass is 337 g/mol. The van der Waals surface area contributed by atoms with Crippen molar-refractivity contribution in [2.45, 2.75) is 65.8 Å². The van der Waals surface area contributed by atoms with Gasteiger partial charge >= 0.3 is 0 Å². The molecular weight excluding hydrogens is 306 g/mol. The molecule has 0 aliphatic carbocycles. The molecule has 3 rings (SSSR count). The van der Waals surface area contributed by atoms with Crippen LogP contribution in [0.5, 0.6) is 0 Å². The summed E-state index contributed by atoms with van der Waals surface area (Å²) in [7, 11) is 0. The molecule has 0 bridgehead atoms. The molecule has 3 nitrogen and oxygen atoms in total. The zero-order chi connectivity index (χ0) is 18.4. The van der Waals surface area contributed by atoms with E-state index in [2.05, 4.69) is 82.5 Å². The maximum absolute atomic E-state index is 4.70. The van der Waals surface area contributed by atoms with Crippen LogP contribution in [-0.4, -0.2) is 17.7 Å². The van der Waals surface area contributed by atoms with Crippen LogP contribution in [0.1, 0.15) is 65.5 Å². The molecule has 0 spiro atoms. The van der Waals surface area contributed by atoms with Gasteiger partial charge in [-0.1, -0.05) is 40.7 Å². The van der Waals surface area contributed by atoms with Crippen LogP contribution >= 0.6 is 0 Å². The quantitative estimate of drug-likeness (QED) is 0.703. The highest BCUT2D eigenvalue weighted by Crippen LogP contribution is 2.41. The van der Waals surface area contributed by atoms with Crippen molar-refractivity contribution in [2.75, 3.05) is 16.5 Å². The van der Waals surface area contributed by atoms with Crippen LogP contribution in [0.4, 0.5) is 17.2 Å². The Labute approximate surface area is 152 Å². The first-order valence-electron chi connectivity index (χ1n) is 9.33. The van der Waals surface area contributed by atoms with E-state index >= 15 is 0 Å². The number of fused-ring (bicyclic) bond motifs is 1. The van der Waals surface area contributed by atoms with Gasteiger partial charge in [0.2, 0.25) is 0 Å². The molecule has 134 valence electrons. The van der Waals surface area contributed by atoms with E-state index in [4.69, 9.17) is 4.98 Å². The number of aromatic nitrogens is 1. The van der Waals surface area contributed by atoms with Gasteiger partial charge in [0, 0.05) is 17.9 Å². The lowest BCUT2D eigenvalue weighted by atomic mass is 9.84. The molecule has 0 atom stereocenters. The maximum Gasteiger partial charge on any atom is 0.158 e. The number of hydrogen-bond acceptors (Lipinski definition) is 3. The van der Waals surface area contributed by atoms with Crippen LogP contribution < -0.4 is 9.80 Å². The minimum Gasteiger partial charge on any atom is -0.348 e. The highest BCUT2D eigenvalue weighted by molar-refractivity contribution is 5.79. The molecule has 25 heavy (non-hydrogen) atoms. The van der Waals surface area contributed by atoms with E-state index in [1.165, 1.54) is 22.5 Å². The molecule has 0 fully saturated rings. The Morgan fingerprint density at radius 2 is 1.76 bits per heavy atom. The lowest BCUT2D eigenvalue weighted by molar-refractivity contribution is 0.588. The zero-order valence-electron chi connectivity index (χ0n) is 16.7. The van der Waals surface area contributed by atoms with E-state index in [9.17, 15) is 0 Å². The van der Waals surface area contributed by atoms with Crippen molar-refractivity contribution in [1.29, 1.82) is 0 Å². The first kappa shape index (κ1) is 17.8. The summed E-state index contributed by atoms with van der Waals surface area (Å²) in [6.45, 7) is 16.7. The third-order valence-corrected chi connectivity index (χ3v) is 5.03. The van der Waals surface area contributed by atoms with Crippen molar-refractivity contribution in [3.8, 4) is 0 Å². The van der Waals surface area contributed by atoms with Gasteiger partial charge in [0.05, 0.1) is 12.4 Å². The SMILES string of the molecule is CC(C)c1cc(N2CN(C(C)C)c3cccnc32)cc(C(C)(C)C)c1. The summed E-state index contributed by atoms with van der Waals surface area (Å²) >= 11 is 0. The van der Waals surface area contributed by atoms with Crippen molar-refractivity contribution in [3.63, 3.8) is 0 Å². The van der Waals surface area contributed by atoms with Gasteiger partial charge in [-0.2, -0.15) is 0 Å². The molecule has 3 heteroatoms. The van der Waals surface area contributed by atoms with Gasteiger partial charge in [-0.3, -0.25) is 0 Å². The highest BCUT2D eigenvalue weighted by Gasteiger charge is 2.30. The minimum absolute atomic E-state index is 0.129. The topological polar surface area (TPSA) is 19.4 Å². The molecule has 2 heterocycles. The fourth-order valence-electron chi connectivity index (χ4n) is 3.32. The predicted octanol–water partition coefficient (Wildman–Crippen LogP) is 5.83. The molecule has 0 saturated heterocycles. The van der Waals surface area contributed by atoms with Crippen molar-refractivity contribution in [3.05, 3.63) is 47.7 Å². The van der Waals surface area contributed by atoms with Crippen LogP contribution in [0, 0.1) is 0 Å². The smallest absolute Gasteiger partial charge is 0.158 e. The van der Waals surface area contributed by atoms with Crippen LogP contribution in [0.25, 0.3) is 0 Å². The summed E-state index contributed by atoms with van der Waals surface area (Å²) in [5, 5.41) is 0. The second kappa shape index (κ2) is 6.36. The zero-order valence-corrected chi connectivity index (χ0v) is 16.7. The van der Waals surface area contributed by atoms with Crippen LogP contribution in [0.3, 0.4) is 0 Å². The van der Waals surface area contributed by atoms with Gasteiger partial charge in [-0.05, 0) is 60.6 Å². The molecular formula is C22H31N3. The van der Waals surface area contributed by atoms with Crippen molar-refractivity contribution < 1.29 is 0 Å². The second-order valence-electron chi connectivity index (χ2n) is 8.70. The molecule has 0 radical (unpaired) electrons. The molecule has 2 aromatic rings. The lowest BCUT2D eigenvalue weighted by Crippen LogP contribution is -2.33. The van der Waals surface area contributed by atoms with Crippen LogP contribution in [-0.2, 0) is 5.41 Å². The van der Waals surface area contributed by atoms with Gasteiger partial charge in [-0.25, -0.2) is 4.98 Å². The second-order valence-corrected chi connectivity index (χ2v) is 8.70.